The van der Waals surface area contributed by atoms with E-state index in [1.54, 1.807) is 28.9 Å². The number of carbonyl (C=O) groups is 1. The van der Waals surface area contributed by atoms with E-state index < -0.39 is 0 Å². The predicted octanol–water partition coefficient (Wildman–Crippen LogP) is 4.17. The molecule has 1 atom stereocenters. The number of thiazole rings is 1. The highest BCUT2D eigenvalue weighted by Gasteiger charge is 2.20. The summed E-state index contributed by atoms with van der Waals surface area (Å²) in [6.07, 6.45) is 4.34. The highest BCUT2D eigenvalue weighted by atomic mass is 35.5. The number of carbonyl (C=O) groups excluding carboxylic acids is 1. The number of amides is 1. The van der Waals surface area contributed by atoms with Gasteiger partial charge in [-0.3, -0.25) is 14.7 Å². The van der Waals surface area contributed by atoms with E-state index in [0.29, 0.717) is 13.1 Å². The van der Waals surface area contributed by atoms with Gasteiger partial charge >= 0.3 is 0 Å². The summed E-state index contributed by atoms with van der Waals surface area (Å²) in [4.78, 5) is 24.6. The van der Waals surface area contributed by atoms with Gasteiger partial charge in [-0.1, -0.05) is 6.07 Å². The number of halogens is 1. The van der Waals surface area contributed by atoms with Gasteiger partial charge in [0.2, 0.25) is 5.91 Å². The van der Waals surface area contributed by atoms with Crippen molar-refractivity contribution >= 4 is 41.0 Å². The molecule has 1 unspecified atom stereocenters. The molecule has 0 aliphatic heterocycles. The van der Waals surface area contributed by atoms with Gasteiger partial charge in [-0.15, -0.1) is 23.7 Å². The number of hydrogen-bond acceptors (Lipinski definition) is 6. The first-order valence-corrected chi connectivity index (χ1v) is 10.6. The molecule has 3 rings (SSSR count). The zero-order valence-corrected chi connectivity index (χ0v) is 18.7. The van der Waals surface area contributed by atoms with E-state index in [0.717, 1.165) is 22.7 Å². The highest BCUT2D eigenvalue weighted by molar-refractivity contribution is 7.11. The van der Waals surface area contributed by atoms with Crippen LogP contribution in [-0.4, -0.2) is 34.4 Å². The summed E-state index contributed by atoms with van der Waals surface area (Å²) in [5.41, 5.74) is 3.35. The highest BCUT2D eigenvalue weighted by Crippen LogP contribution is 2.26. The quantitative estimate of drug-likeness (QED) is 0.575. The third-order valence-corrected chi connectivity index (χ3v) is 6.21. The van der Waals surface area contributed by atoms with Crippen LogP contribution in [0.4, 0.5) is 0 Å². The minimum Gasteiger partial charge on any atom is -0.345 e. The van der Waals surface area contributed by atoms with E-state index in [4.69, 9.17) is 0 Å². The molecule has 0 saturated carbocycles. The lowest BCUT2D eigenvalue weighted by atomic mass is 10.1. The summed E-state index contributed by atoms with van der Waals surface area (Å²) in [5.74, 6) is 0.00660. The number of nitrogens with zero attached hydrogens (tertiary/aromatic N) is 3. The zero-order chi connectivity index (χ0) is 19.2. The molecule has 0 spiro atoms. The van der Waals surface area contributed by atoms with Crippen molar-refractivity contribution in [1.82, 2.24) is 20.2 Å². The first kappa shape index (κ1) is 22.5. The van der Waals surface area contributed by atoms with Gasteiger partial charge in [-0.25, -0.2) is 4.98 Å². The SMILES string of the molecule is Cc1nc(C(Cc2ccsc2)NC(=O)CN(C)Cc2cccnc2)sc1C.Cl. The van der Waals surface area contributed by atoms with Crippen LogP contribution in [0.1, 0.15) is 32.7 Å². The van der Waals surface area contributed by atoms with E-state index in [1.807, 2.05) is 37.2 Å². The molecule has 0 radical (unpaired) electrons. The van der Waals surface area contributed by atoms with Gasteiger partial charge in [-0.2, -0.15) is 11.3 Å². The molecule has 3 aromatic rings. The average molecular weight is 437 g/mol. The number of pyridine rings is 1. The maximum atomic E-state index is 12.7. The molecular formula is C20H25ClN4OS2. The van der Waals surface area contributed by atoms with Crippen LogP contribution in [0.25, 0.3) is 0 Å². The molecule has 1 N–H and O–H groups in total. The fourth-order valence-electron chi connectivity index (χ4n) is 2.84. The van der Waals surface area contributed by atoms with Gasteiger partial charge < -0.3 is 5.32 Å². The van der Waals surface area contributed by atoms with Crippen LogP contribution in [0, 0.1) is 13.8 Å². The molecule has 28 heavy (non-hydrogen) atoms. The number of rotatable bonds is 8. The largest absolute Gasteiger partial charge is 0.345 e. The molecule has 5 nitrogen and oxygen atoms in total. The third-order valence-electron chi connectivity index (χ3n) is 4.29. The van der Waals surface area contributed by atoms with Gasteiger partial charge in [0.1, 0.15) is 5.01 Å². The molecule has 1 amide bonds. The Morgan fingerprint density at radius 2 is 2.11 bits per heavy atom. The average Bonchev–Trinajstić information content (AvgIpc) is 3.25. The molecule has 3 aromatic heterocycles. The molecule has 0 saturated heterocycles. The van der Waals surface area contributed by atoms with Crippen molar-refractivity contribution in [3.8, 4) is 0 Å². The first-order valence-electron chi connectivity index (χ1n) is 8.83. The normalized spacial score (nSPS) is 11.9. The molecule has 3 heterocycles. The van der Waals surface area contributed by atoms with E-state index in [9.17, 15) is 4.79 Å². The molecule has 0 fully saturated rings. The van der Waals surface area contributed by atoms with Gasteiger partial charge in [-0.05, 0) is 54.9 Å². The monoisotopic (exact) mass is 436 g/mol. The molecule has 0 aromatic carbocycles. The van der Waals surface area contributed by atoms with Crippen molar-refractivity contribution in [3.63, 3.8) is 0 Å². The summed E-state index contributed by atoms with van der Waals surface area (Å²) >= 11 is 3.34. The predicted molar refractivity (Wildman–Crippen MR) is 118 cm³/mol. The lowest BCUT2D eigenvalue weighted by molar-refractivity contribution is -0.122. The van der Waals surface area contributed by atoms with Crippen molar-refractivity contribution in [2.24, 2.45) is 0 Å². The Kier molecular flexibility index (Phi) is 8.57. The van der Waals surface area contributed by atoms with Gasteiger partial charge in [0.15, 0.2) is 0 Å². The van der Waals surface area contributed by atoms with Crippen LogP contribution in [0.3, 0.4) is 0 Å². The smallest absolute Gasteiger partial charge is 0.234 e. The summed E-state index contributed by atoms with van der Waals surface area (Å²) < 4.78 is 0. The minimum atomic E-state index is -0.101. The second-order valence-electron chi connectivity index (χ2n) is 6.68. The van der Waals surface area contributed by atoms with Crippen LogP contribution in [0.2, 0.25) is 0 Å². The van der Waals surface area contributed by atoms with Gasteiger partial charge in [0.05, 0.1) is 18.3 Å². The second kappa shape index (κ2) is 10.7. The Bertz CT molecular complexity index is 848. The fraction of sp³-hybridized carbons (Fsp3) is 0.350. The first-order chi connectivity index (χ1) is 13.0. The van der Waals surface area contributed by atoms with Crippen LogP contribution in [0.15, 0.2) is 41.4 Å². The van der Waals surface area contributed by atoms with Gasteiger partial charge in [0, 0.05) is 30.2 Å². The molecular weight excluding hydrogens is 412 g/mol. The number of aromatic nitrogens is 2. The summed E-state index contributed by atoms with van der Waals surface area (Å²) in [5, 5.41) is 8.35. The Balaban J connectivity index is 0.00000280. The number of thiophene rings is 1. The second-order valence-corrected chi connectivity index (χ2v) is 8.70. The number of hydrogen-bond donors (Lipinski definition) is 1. The number of likely N-dealkylation sites (N-methyl/N-ethyl adjacent to an activating group) is 1. The number of aryl methyl sites for hydroxylation is 2. The summed E-state index contributed by atoms with van der Waals surface area (Å²) in [6, 6.07) is 5.93. The summed E-state index contributed by atoms with van der Waals surface area (Å²) in [7, 11) is 1.94. The fourth-order valence-corrected chi connectivity index (χ4v) is 4.49. The van der Waals surface area contributed by atoms with E-state index in [-0.39, 0.29) is 24.4 Å². The molecule has 8 heteroatoms. The van der Waals surface area contributed by atoms with E-state index >= 15 is 0 Å². The Hall–Kier alpha value is -1.80. The molecule has 150 valence electrons. The Morgan fingerprint density at radius 1 is 1.29 bits per heavy atom. The number of nitrogens with one attached hydrogen (secondary N) is 1. The van der Waals surface area contributed by atoms with E-state index in [1.165, 1.54) is 10.4 Å². The van der Waals surface area contributed by atoms with Crippen LogP contribution >= 0.6 is 35.1 Å². The van der Waals surface area contributed by atoms with Crippen molar-refractivity contribution in [3.05, 3.63) is 68.1 Å². The molecule has 0 aliphatic carbocycles. The van der Waals surface area contributed by atoms with Crippen molar-refractivity contribution < 1.29 is 4.79 Å². The van der Waals surface area contributed by atoms with Gasteiger partial charge in [0.25, 0.3) is 0 Å². The zero-order valence-electron chi connectivity index (χ0n) is 16.2. The standard InChI is InChI=1S/C20H24N4OS2.ClH/c1-14-15(2)27-20(22-14)18(9-16-6-8-26-13-16)23-19(25)12-24(3)11-17-5-4-7-21-10-17;/h4-8,10,13,18H,9,11-12H2,1-3H3,(H,23,25);1H. The minimum absolute atomic E-state index is 0. The lowest BCUT2D eigenvalue weighted by Crippen LogP contribution is -2.37. The van der Waals surface area contributed by atoms with Crippen molar-refractivity contribution in [2.45, 2.75) is 32.9 Å². The van der Waals surface area contributed by atoms with E-state index in [2.05, 4.69) is 39.0 Å². The van der Waals surface area contributed by atoms with Crippen LogP contribution < -0.4 is 5.32 Å². The maximum Gasteiger partial charge on any atom is 0.234 e. The summed E-state index contributed by atoms with van der Waals surface area (Å²) in [6.45, 7) is 5.10. The third kappa shape index (κ3) is 6.38. The maximum absolute atomic E-state index is 12.7. The topological polar surface area (TPSA) is 58.1 Å². The van der Waals surface area contributed by atoms with Crippen LogP contribution in [-0.2, 0) is 17.8 Å². The molecule has 0 bridgehead atoms. The lowest BCUT2D eigenvalue weighted by Gasteiger charge is -2.20. The Morgan fingerprint density at radius 3 is 2.71 bits per heavy atom. The molecule has 0 aliphatic rings. The van der Waals surface area contributed by atoms with Crippen LogP contribution in [0.5, 0.6) is 0 Å². The Labute approximate surface area is 180 Å². The van der Waals surface area contributed by atoms with Crippen molar-refractivity contribution in [2.75, 3.05) is 13.6 Å². The van der Waals surface area contributed by atoms with Crippen molar-refractivity contribution in [1.29, 1.82) is 0 Å².